The lowest BCUT2D eigenvalue weighted by Crippen LogP contribution is -2.65. The van der Waals surface area contributed by atoms with Crippen molar-refractivity contribution in [3.05, 3.63) is 71.5 Å². The van der Waals surface area contributed by atoms with Crippen LogP contribution >= 0.6 is 0 Å². The van der Waals surface area contributed by atoms with Crippen LogP contribution < -0.4 is 11.1 Å². The second kappa shape index (κ2) is 9.34. The number of carbonyl (C=O) groups excluding carboxylic acids is 1. The summed E-state index contributed by atoms with van der Waals surface area (Å²) < 4.78 is 26.7. The molecule has 1 aliphatic heterocycles. The zero-order valence-corrected chi connectivity index (χ0v) is 20.9. The van der Waals surface area contributed by atoms with Gasteiger partial charge in [-0.15, -0.1) is 0 Å². The topological polar surface area (TPSA) is 73.6 Å². The van der Waals surface area contributed by atoms with Crippen LogP contribution in [0.1, 0.15) is 44.7 Å². The monoisotopic (exact) mass is 478 g/mol. The van der Waals surface area contributed by atoms with E-state index in [0.717, 1.165) is 17.5 Å². The van der Waals surface area contributed by atoms with Crippen molar-refractivity contribution in [2.75, 3.05) is 6.54 Å². The van der Waals surface area contributed by atoms with Crippen LogP contribution in [-0.2, 0) is 26.9 Å². The summed E-state index contributed by atoms with van der Waals surface area (Å²) in [6.07, 6.45) is 3.34. The van der Waals surface area contributed by atoms with Gasteiger partial charge < -0.3 is 20.4 Å². The lowest BCUT2D eigenvalue weighted by atomic mass is 9.43. The number of hydrogen-bond donors (Lipinski definition) is 2. The standard InChI is InChI=1S/C28H36BFN2O3/c1-27(2)20-15-24(27)28(3)25(16-20)34-29(35-28)21(13-19-9-11-22(30)12-10-19)17-32-26(33)23(31)14-18-7-5-4-6-8-18/h4-12,20-21,23-25H,13-17,31H2,1-3H3,(H,32,33)/t20-,21?,23+,24-,25+,28-/m1/s1. The van der Waals surface area contributed by atoms with Gasteiger partial charge in [0.15, 0.2) is 0 Å². The molecule has 2 aromatic rings. The highest BCUT2D eigenvalue weighted by Gasteiger charge is 2.68. The Bertz CT molecular complexity index is 1050. The van der Waals surface area contributed by atoms with Crippen molar-refractivity contribution < 1.29 is 18.5 Å². The molecule has 1 unspecified atom stereocenters. The van der Waals surface area contributed by atoms with Crippen molar-refractivity contribution in [2.24, 2.45) is 23.0 Å². The molecule has 1 amide bonds. The van der Waals surface area contributed by atoms with Gasteiger partial charge in [-0.3, -0.25) is 4.79 Å². The Kier molecular flexibility index (Phi) is 6.53. The maximum absolute atomic E-state index is 13.5. The Balaban J connectivity index is 1.28. The summed E-state index contributed by atoms with van der Waals surface area (Å²) in [6, 6.07) is 15.6. The fourth-order valence-electron chi connectivity index (χ4n) is 6.61. The molecule has 4 aliphatic rings. The minimum Gasteiger partial charge on any atom is -0.405 e. The summed E-state index contributed by atoms with van der Waals surface area (Å²) in [5, 5.41) is 3.05. The number of halogens is 1. The first-order valence-electron chi connectivity index (χ1n) is 12.8. The molecule has 2 bridgehead atoms. The number of hydrogen-bond acceptors (Lipinski definition) is 4. The number of rotatable bonds is 8. The number of benzene rings is 2. The predicted octanol–water partition coefficient (Wildman–Crippen LogP) is 4.15. The second-order valence-corrected chi connectivity index (χ2v) is 11.5. The quantitative estimate of drug-likeness (QED) is 0.559. The molecule has 4 fully saturated rings. The number of amides is 1. The molecular weight excluding hydrogens is 442 g/mol. The average molecular weight is 478 g/mol. The molecule has 7 heteroatoms. The summed E-state index contributed by atoms with van der Waals surface area (Å²) in [7, 11) is -0.434. The molecule has 35 heavy (non-hydrogen) atoms. The fourth-order valence-corrected chi connectivity index (χ4v) is 6.61. The van der Waals surface area contributed by atoms with Gasteiger partial charge in [-0.2, -0.15) is 0 Å². The van der Waals surface area contributed by atoms with Crippen LogP contribution in [0.4, 0.5) is 4.39 Å². The third-order valence-corrected chi connectivity index (χ3v) is 8.94. The summed E-state index contributed by atoms with van der Waals surface area (Å²) in [5.41, 5.74) is 8.16. The molecule has 3 saturated carbocycles. The van der Waals surface area contributed by atoms with Crippen molar-refractivity contribution in [2.45, 2.75) is 70.0 Å². The third kappa shape index (κ3) is 4.66. The molecule has 0 spiro atoms. The van der Waals surface area contributed by atoms with E-state index in [1.807, 2.05) is 30.3 Å². The molecule has 3 N–H and O–H groups in total. The summed E-state index contributed by atoms with van der Waals surface area (Å²) >= 11 is 0. The summed E-state index contributed by atoms with van der Waals surface area (Å²) in [4.78, 5) is 12.9. The van der Waals surface area contributed by atoms with E-state index in [0.29, 0.717) is 31.2 Å². The second-order valence-electron chi connectivity index (χ2n) is 11.5. The summed E-state index contributed by atoms with van der Waals surface area (Å²) in [6.45, 7) is 7.26. The van der Waals surface area contributed by atoms with Crippen LogP contribution in [0.2, 0.25) is 5.82 Å². The first kappa shape index (κ1) is 24.5. The lowest BCUT2D eigenvalue weighted by molar-refractivity contribution is -0.199. The van der Waals surface area contributed by atoms with Crippen LogP contribution in [0, 0.1) is 23.1 Å². The molecule has 186 valence electrons. The molecule has 3 aliphatic carbocycles. The van der Waals surface area contributed by atoms with E-state index < -0.39 is 13.2 Å². The van der Waals surface area contributed by atoms with Gasteiger partial charge >= 0.3 is 7.12 Å². The Morgan fingerprint density at radius 1 is 1.09 bits per heavy atom. The average Bonchev–Trinajstić information content (AvgIpc) is 3.20. The van der Waals surface area contributed by atoms with Gasteiger partial charge in [0.1, 0.15) is 5.82 Å². The zero-order chi connectivity index (χ0) is 24.8. The molecule has 6 rings (SSSR count). The molecule has 0 radical (unpaired) electrons. The first-order chi connectivity index (χ1) is 16.7. The first-order valence-corrected chi connectivity index (χ1v) is 12.8. The Hall–Kier alpha value is -2.22. The maximum atomic E-state index is 13.5. The highest BCUT2D eigenvalue weighted by atomic mass is 19.1. The Morgan fingerprint density at radius 2 is 1.77 bits per heavy atom. The van der Waals surface area contributed by atoms with Gasteiger partial charge in [0.25, 0.3) is 0 Å². The van der Waals surface area contributed by atoms with Crippen molar-refractivity contribution in [1.82, 2.24) is 5.32 Å². The van der Waals surface area contributed by atoms with E-state index in [1.165, 1.54) is 18.6 Å². The van der Waals surface area contributed by atoms with Crippen LogP contribution in [0.15, 0.2) is 54.6 Å². The molecule has 1 saturated heterocycles. The Labute approximate surface area is 208 Å². The molecule has 5 nitrogen and oxygen atoms in total. The van der Waals surface area contributed by atoms with E-state index in [9.17, 15) is 9.18 Å². The molecule has 0 aromatic heterocycles. The van der Waals surface area contributed by atoms with E-state index in [1.54, 1.807) is 12.1 Å². The SMILES string of the molecule is CC1(C)[C@H]2C[C@@H]3OB(C(CNC(=O)[C@@H](N)Cc4ccccc4)Cc4ccc(F)cc4)O[C@]3(C)[C@@H]1C2. The Morgan fingerprint density at radius 3 is 2.46 bits per heavy atom. The van der Waals surface area contributed by atoms with Gasteiger partial charge in [0.2, 0.25) is 5.91 Å². The zero-order valence-electron chi connectivity index (χ0n) is 20.9. The number of nitrogens with one attached hydrogen (secondary N) is 1. The largest absolute Gasteiger partial charge is 0.463 e. The van der Waals surface area contributed by atoms with E-state index in [4.69, 9.17) is 15.0 Å². The van der Waals surface area contributed by atoms with Crippen molar-refractivity contribution in [3.63, 3.8) is 0 Å². The van der Waals surface area contributed by atoms with Crippen LogP contribution in [0.25, 0.3) is 0 Å². The highest BCUT2D eigenvalue weighted by Crippen LogP contribution is 2.66. The molecule has 1 heterocycles. The normalized spacial score (nSPS) is 30.2. The lowest BCUT2D eigenvalue weighted by Gasteiger charge is -2.64. The highest BCUT2D eigenvalue weighted by molar-refractivity contribution is 6.47. The number of nitrogens with two attached hydrogens (primary N) is 1. The third-order valence-electron chi connectivity index (χ3n) is 8.94. The van der Waals surface area contributed by atoms with Gasteiger partial charge in [-0.1, -0.05) is 56.3 Å². The van der Waals surface area contributed by atoms with Gasteiger partial charge in [-0.25, -0.2) is 4.39 Å². The van der Waals surface area contributed by atoms with E-state index >= 15 is 0 Å². The van der Waals surface area contributed by atoms with Gasteiger partial charge in [0.05, 0.1) is 17.7 Å². The minimum atomic E-state index is -0.637. The van der Waals surface area contributed by atoms with Crippen molar-refractivity contribution >= 4 is 13.0 Å². The maximum Gasteiger partial charge on any atom is 0.463 e. The van der Waals surface area contributed by atoms with E-state index in [-0.39, 0.29) is 34.7 Å². The molecule has 2 aromatic carbocycles. The van der Waals surface area contributed by atoms with Crippen molar-refractivity contribution in [3.8, 4) is 0 Å². The predicted molar refractivity (Wildman–Crippen MR) is 135 cm³/mol. The van der Waals surface area contributed by atoms with Gasteiger partial charge in [-0.05, 0) is 73.1 Å². The van der Waals surface area contributed by atoms with Crippen LogP contribution in [0.3, 0.4) is 0 Å². The number of carbonyl (C=O) groups is 1. The van der Waals surface area contributed by atoms with E-state index in [2.05, 4.69) is 26.1 Å². The van der Waals surface area contributed by atoms with Crippen LogP contribution in [0.5, 0.6) is 0 Å². The molecular formula is C28H36BFN2O3. The molecule has 6 atom stereocenters. The van der Waals surface area contributed by atoms with Crippen molar-refractivity contribution in [1.29, 1.82) is 0 Å². The fraction of sp³-hybridized carbons (Fsp3) is 0.536. The minimum absolute atomic E-state index is 0.0658. The van der Waals surface area contributed by atoms with Gasteiger partial charge in [0, 0.05) is 12.4 Å². The van der Waals surface area contributed by atoms with Crippen LogP contribution in [-0.4, -0.2) is 37.3 Å². The summed E-state index contributed by atoms with van der Waals surface area (Å²) in [5.74, 6) is 0.557. The smallest absolute Gasteiger partial charge is 0.405 e.